The molecule has 4 aromatic carbocycles. The number of unbranched alkanes of at least 4 members (excludes halogenated alkanes) is 18. The van der Waals surface area contributed by atoms with Crippen LogP contribution in [0.4, 0.5) is 0 Å². The van der Waals surface area contributed by atoms with Crippen molar-refractivity contribution < 1.29 is 0 Å². The van der Waals surface area contributed by atoms with Gasteiger partial charge in [0.05, 0.1) is 0 Å². The van der Waals surface area contributed by atoms with E-state index in [0.717, 1.165) is 0 Å². The first-order valence-corrected chi connectivity index (χ1v) is 30.8. The summed E-state index contributed by atoms with van der Waals surface area (Å²) in [5.41, 5.74) is 0. The van der Waals surface area contributed by atoms with E-state index in [1.54, 1.807) is 20.1 Å². The Kier molecular flexibility index (Phi) is 28.3. The molecule has 0 aliphatic carbocycles. The first-order chi connectivity index (χ1) is 29.6. The Labute approximate surface area is 395 Å². The van der Waals surface area contributed by atoms with Crippen molar-refractivity contribution in [3.8, 4) is 0 Å². The number of hydrogen-bond acceptors (Lipinski definition) is 6. The molecular weight excluding hydrogens is 841 g/mol. The predicted octanol–water partition coefficient (Wildman–Crippen LogP) is 21.2. The lowest BCUT2D eigenvalue weighted by Gasteiger charge is -2.22. The van der Waals surface area contributed by atoms with E-state index in [0.29, 0.717) is 0 Å². The Hall–Kier alpha value is -0.240. The summed E-state index contributed by atoms with van der Waals surface area (Å²) in [5, 5.41) is 8.99. The maximum absolute atomic E-state index is 2.70. The van der Waals surface area contributed by atoms with Crippen LogP contribution < -0.4 is 0 Å². The molecule has 0 fully saturated rings. The lowest BCUT2D eigenvalue weighted by molar-refractivity contribution is 0.705. The van der Waals surface area contributed by atoms with E-state index >= 15 is 0 Å². The summed E-state index contributed by atoms with van der Waals surface area (Å²) < 4.78 is 0. The minimum absolute atomic E-state index is 1.21. The van der Waals surface area contributed by atoms with Gasteiger partial charge in [-0.1, -0.05) is 163 Å². The summed E-state index contributed by atoms with van der Waals surface area (Å²) >= 11 is 12.9. The van der Waals surface area contributed by atoms with E-state index in [9.17, 15) is 0 Å². The van der Waals surface area contributed by atoms with Gasteiger partial charge in [-0.25, -0.2) is 0 Å². The minimum atomic E-state index is 1.21. The van der Waals surface area contributed by atoms with Crippen LogP contribution in [0.1, 0.15) is 196 Å². The van der Waals surface area contributed by atoms with Crippen LogP contribution in [0.25, 0.3) is 32.3 Å². The summed E-state index contributed by atoms with van der Waals surface area (Å²) in [7, 11) is 0. The molecule has 0 aromatic heterocycles. The van der Waals surface area contributed by atoms with E-state index in [1.165, 1.54) is 230 Å². The molecule has 0 saturated heterocycles. The second-order valence-corrected chi connectivity index (χ2v) is 23.8. The molecule has 0 unspecified atom stereocenters. The Balaban J connectivity index is 1.99. The van der Waals surface area contributed by atoms with Crippen LogP contribution in [0.2, 0.25) is 0 Å². The zero-order valence-corrected chi connectivity index (χ0v) is 44.0. The molecule has 0 spiro atoms. The fourth-order valence-electron chi connectivity index (χ4n) is 8.02. The lowest BCUT2D eigenvalue weighted by Crippen LogP contribution is -1.96. The summed E-state index contributed by atoms with van der Waals surface area (Å²) in [5.74, 6) is 7.30. The highest BCUT2D eigenvalue weighted by atomic mass is 32.2. The van der Waals surface area contributed by atoms with Crippen molar-refractivity contribution >= 4 is 103 Å². The zero-order valence-electron chi connectivity index (χ0n) is 39.1. The number of fused-ring (bicyclic) bond motifs is 6. The van der Waals surface area contributed by atoms with Crippen molar-refractivity contribution in [2.24, 2.45) is 0 Å². The topological polar surface area (TPSA) is 0 Å². The van der Waals surface area contributed by atoms with E-state index in [4.69, 9.17) is 0 Å². The largest absolute Gasteiger partial charge is 0.126 e. The average Bonchev–Trinajstić information content (AvgIpc) is 3.26. The van der Waals surface area contributed by atoms with Gasteiger partial charge in [0.2, 0.25) is 0 Å². The fraction of sp³-hybridized carbons (Fsp3) is 0.667. The average molecular weight is 926 g/mol. The molecule has 4 rings (SSSR count). The highest BCUT2D eigenvalue weighted by Crippen LogP contribution is 2.50. The molecule has 0 aliphatic rings. The van der Waals surface area contributed by atoms with Crippen molar-refractivity contribution in [3.05, 3.63) is 36.4 Å². The van der Waals surface area contributed by atoms with Gasteiger partial charge in [0, 0.05) is 34.8 Å². The van der Waals surface area contributed by atoms with Gasteiger partial charge < -0.3 is 0 Å². The molecule has 0 saturated carbocycles. The van der Waals surface area contributed by atoms with Crippen LogP contribution in [0.15, 0.2) is 65.8 Å². The van der Waals surface area contributed by atoms with Crippen LogP contribution >= 0.6 is 70.6 Å². The number of benzene rings is 4. The molecular formula is C54H84S6. The molecule has 336 valence electrons. The summed E-state index contributed by atoms with van der Waals surface area (Å²) in [6.07, 6.45) is 31.8. The summed E-state index contributed by atoms with van der Waals surface area (Å²) in [4.78, 5) is 9.24. The molecule has 0 nitrogen and oxygen atoms in total. The van der Waals surface area contributed by atoms with Gasteiger partial charge in [-0.2, -0.15) is 0 Å². The van der Waals surface area contributed by atoms with E-state index in [-0.39, 0.29) is 0 Å². The Bertz CT molecular complexity index is 1760. The third-order valence-electron chi connectivity index (χ3n) is 11.6. The minimum Gasteiger partial charge on any atom is -0.126 e. The SMILES string of the molecule is CCCCCCSc1ccc2c(c1)c1cc(SCCCCCC)c(SCCCCCC)cc1c1cc(SCCCCCC)c(SCCCCCC)c(SCCCCCC)c21. The standard InChI is InChI=1S/C54H84S6/c1-7-13-19-25-33-55-43-31-32-44-45(39-43)46-40-49(56-34-26-20-14-8-2)50(57-35-27-21-15-9-3)41-47(46)48-42-51(58-36-28-22-16-10-4)53(59-37-29-23-17-11-5)54(52(44)48)60-38-30-24-18-12-6/h31-32,39-42H,7-30,33-38H2,1-6H3. The summed E-state index contributed by atoms with van der Waals surface area (Å²) in [6, 6.07) is 15.7. The van der Waals surface area contributed by atoms with E-state index in [1.807, 2.05) is 0 Å². The highest BCUT2D eigenvalue weighted by Gasteiger charge is 2.22. The number of thioether (sulfide) groups is 6. The number of rotatable bonds is 36. The van der Waals surface area contributed by atoms with Gasteiger partial charge in [0.25, 0.3) is 0 Å². The van der Waals surface area contributed by atoms with Gasteiger partial charge in [-0.05, 0) is 130 Å². The van der Waals surface area contributed by atoms with Gasteiger partial charge in [0.1, 0.15) is 0 Å². The quantitative estimate of drug-likeness (QED) is 0.0251. The Morgan fingerprint density at radius 1 is 0.283 bits per heavy atom. The van der Waals surface area contributed by atoms with Crippen LogP contribution in [0.5, 0.6) is 0 Å². The molecule has 0 bridgehead atoms. The Morgan fingerprint density at radius 2 is 0.633 bits per heavy atom. The molecule has 0 heterocycles. The van der Waals surface area contributed by atoms with Crippen molar-refractivity contribution in [3.63, 3.8) is 0 Å². The molecule has 0 N–H and O–H groups in total. The zero-order chi connectivity index (χ0) is 42.6. The lowest BCUT2D eigenvalue weighted by atomic mass is 9.94. The molecule has 0 aliphatic heterocycles. The van der Waals surface area contributed by atoms with Crippen LogP contribution in [-0.4, -0.2) is 34.5 Å². The predicted molar refractivity (Wildman–Crippen MR) is 288 cm³/mol. The molecule has 4 aromatic rings. The van der Waals surface area contributed by atoms with Gasteiger partial charge >= 0.3 is 0 Å². The monoisotopic (exact) mass is 924 g/mol. The molecule has 0 atom stereocenters. The van der Waals surface area contributed by atoms with E-state index in [2.05, 4.69) is 149 Å². The Morgan fingerprint density at radius 3 is 1.08 bits per heavy atom. The van der Waals surface area contributed by atoms with Crippen molar-refractivity contribution in [2.75, 3.05) is 34.5 Å². The van der Waals surface area contributed by atoms with Gasteiger partial charge in [0.15, 0.2) is 0 Å². The van der Waals surface area contributed by atoms with Crippen LogP contribution in [-0.2, 0) is 0 Å². The highest BCUT2D eigenvalue weighted by molar-refractivity contribution is 8.04. The summed E-state index contributed by atoms with van der Waals surface area (Å²) in [6.45, 7) is 14.0. The first-order valence-electron chi connectivity index (χ1n) is 24.9. The van der Waals surface area contributed by atoms with Gasteiger partial charge in [-0.15, -0.1) is 70.6 Å². The van der Waals surface area contributed by atoms with Crippen LogP contribution in [0, 0.1) is 0 Å². The molecule has 0 radical (unpaired) electrons. The third-order valence-corrected chi connectivity index (χ3v) is 18.9. The maximum atomic E-state index is 2.70. The van der Waals surface area contributed by atoms with Gasteiger partial charge in [-0.3, -0.25) is 0 Å². The smallest absolute Gasteiger partial charge is 0.0351 e. The van der Waals surface area contributed by atoms with Crippen molar-refractivity contribution in [1.29, 1.82) is 0 Å². The maximum Gasteiger partial charge on any atom is 0.0351 e. The molecule has 0 amide bonds. The van der Waals surface area contributed by atoms with E-state index < -0.39 is 0 Å². The third kappa shape index (κ3) is 17.6. The van der Waals surface area contributed by atoms with Crippen LogP contribution in [0.3, 0.4) is 0 Å². The number of hydrogen-bond donors (Lipinski definition) is 0. The fourth-order valence-corrected chi connectivity index (χ4v) is 15.2. The second-order valence-electron chi connectivity index (χ2n) is 17.0. The second kappa shape index (κ2) is 32.4. The van der Waals surface area contributed by atoms with Crippen molar-refractivity contribution in [1.82, 2.24) is 0 Å². The molecule has 60 heavy (non-hydrogen) atoms. The van der Waals surface area contributed by atoms with Crippen molar-refractivity contribution in [2.45, 2.75) is 225 Å². The normalized spacial score (nSPS) is 11.9. The first kappa shape index (κ1) is 52.4. The molecule has 6 heteroatoms.